The number of likely N-dealkylation sites (N-methyl/N-ethyl adjacent to an activating group) is 1. The number of fused-ring (bicyclic) bond motifs is 2. The van der Waals surface area contributed by atoms with Gasteiger partial charge in [0, 0.05) is 19.7 Å². The Morgan fingerprint density at radius 3 is 1.83 bits per heavy atom. The zero-order chi connectivity index (χ0) is 20.4. The number of nitrogens with zero attached hydrogens (tertiary/aromatic N) is 1. The van der Waals surface area contributed by atoms with Crippen molar-refractivity contribution in [1.82, 2.24) is 4.90 Å². The Bertz CT molecular complexity index is 1140. The SMILES string of the molecule is CN(C)C(=O)[C@H](OC(=O)c1c2ccccc2cc2ccccc12)c1ccccc1. The Hall–Kier alpha value is -3.66. The number of carbonyl (C=O) groups excluding carboxylic acids is 2. The van der Waals surface area contributed by atoms with E-state index in [1.54, 1.807) is 26.2 Å². The molecule has 0 radical (unpaired) electrons. The third-order valence-corrected chi connectivity index (χ3v) is 4.97. The van der Waals surface area contributed by atoms with Crippen LogP contribution in [0, 0.1) is 0 Å². The Morgan fingerprint density at radius 2 is 1.28 bits per heavy atom. The van der Waals surface area contributed by atoms with Crippen LogP contribution in [0.4, 0.5) is 0 Å². The van der Waals surface area contributed by atoms with Gasteiger partial charge in [0.1, 0.15) is 0 Å². The summed E-state index contributed by atoms with van der Waals surface area (Å²) in [4.78, 5) is 27.6. The molecule has 0 N–H and O–H groups in total. The van der Waals surface area contributed by atoms with Gasteiger partial charge in [0.2, 0.25) is 6.10 Å². The number of benzene rings is 4. The van der Waals surface area contributed by atoms with Gasteiger partial charge in [-0.2, -0.15) is 0 Å². The zero-order valence-corrected chi connectivity index (χ0v) is 16.3. The Morgan fingerprint density at radius 1 is 0.759 bits per heavy atom. The minimum atomic E-state index is -1.00. The van der Waals surface area contributed by atoms with Crippen LogP contribution >= 0.6 is 0 Å². The van der Waals surface area contributed by atoms with Gasteiger partial charge >= 0.3 is 5.97 Å². The Kier molecular flexibility index (Phi) is 5.00. The Balaban J connectivity index is 1.84. The second-order valence-corrected chi connectivity index (χ2v) is 7.12. The van der Waals surface area contributed by atoms with Gasteiger partial charge in [0.15, 0.2) is 0 Å². The lowest BCUT2D eigenvalue weighted by Gasteiger charge is -2.22. The highest BCUT2D eigenvalue weighted by Gasteiger charge is 2.28. The summed E-state index contributed by atoms with van der Waals surface area (Å²) in [5.41, 5.74) is 1.12. The van der Waals surface area contributed by atoms with Crippen molar-refractivity contribution >= 4 is 33.4 Å². The molecule has 0 aliphatic rings. The molecule has 0 aliphatic heterocycles. The lowest BCUT2D eigenvalue weighted by Crippen LogP contribution is -2.31. The lowest BCUT2D eigenvalue weighted by atomic mass is 9.97. The first-order valence-corrected chi connectivity index (χ1v) is 9.44. The molecule has 4 heteroatoms. The summed E-state index contributed by atoms with van der Waals surface area (Å²) in [6.45, 7) is 0. The minimum Gasteiger partial charge on any atom is -0.444 e. The van der Waals surface area contributed by atoms with E-state index in [0.29, 0.717) is 11.1 Å². The number of hydrogen-bond acceptors (Lipinski definition) is 3. The van der Waals surface area contributed by atoms with E-state index in [4.69, 9.17) is 4.74 Å². The standard InChI is InChI=1S/C25H21NO3/c1-26(2)24(27)23(17-10-4-3-5-11-17)29-25(28)22-20-14-8-6-12-18(20)16-19-13-7-9-15-21(19)22/h3-16,23H,1-2H3/t23-/m1/s1. The minimum absolute atomic E-state index is 0.283. The van der Waals surface area contributed by atoms with Crippen LogP contribution in [0.15, 0.2) is 84.9 Å². The molecular formula is C25H21NO3. The highest BCUT2D eigenvalue weighted by atomic mass is 16.5. The summed E-state index contributed by atoms with van der Waals surface area (Å²) in [5.74, 6) is -0.795. The van der Waals surface area contributed by atoms with Crippen molar-refractivity contribution in [3.63, 3.8) is 0 Å². The van der Waals surface area contributed by atoms with E-state index in [9.17, 15) is 9.59 Å². The molecule has 0 spiro atoms. The van der Waals surface area contributed by atoms with E-state index in [2.05, 4.69) is 6.07 Å². The molecule has 4 nitrogen and oxygen atoms in total. The predicted molar refractivity (Wildman–Crippen MR) is 115 cm³/mol. The fraction of sp³-hybridized carbons (Fsp3) is 0.120. The molecule has 0 bridgehead atoms. The quantitative estimate of drug-likeness (QED) is 0.369. The van der Waals surface area contributed by atoms with Crippen LogP contribution in [-0.4, -0.2) is 30.9 Å². The van der Waals surface area contributed by atoms with Crippen molar-refractivity contribution in [2.24, 2.45) is 0 Å². The average Bonchev–Trinajstić information content (AvgIpc) is 2.75. The first-order chi connectivity index (χ1) is 14.1. The Labute approximate surface area is 169 Å². The summed E-state index contributed by atoms with van der Waals surface area (Å²) in [7, 11) is 3.30. The summed E-state index contributed by atoms with van der Waals surface area (Å²) in [6, 6.07) is 26.6. The first kappa shape index (κ1) is 18.7. The maximum absolute atomic E-state index is 13.4. The molecule has 4 aromatic rings. The largest absolute Gasteiger partial charge is 0.444 e. The van der Waals surface area contributed by atoms with Crippen molar-refractivity contribution in [2.45, 2.75) is 6.10 Å². The third-order valence-electron chi connectivity index (χ3n) is 4.97. The molecule has 29 heavy (non-hydrogen) atoms. The normalized spacial score (nSPS) is 11.9. The topological polar surface area (TPSA) is 46.6 Å². The summed E-state index contributed by atoms with van der Waals surface area (Å²) < 4.78 is 5.83. The molecule has 4 aromatic carbocycles. The average molecular weight is 383 g/mol. The second kappa shape index (κ2) is 7.76. The molecule has 0 saturated heterocycles. The van der Waals surface area contributed by atoms with Gasteiger partial charge in [-0.15, -0.1) is 0 Å². The van der Waals surface area contributed by atoms with Gasteiger partial charge in [-0.1, -0.05) is 78.9 Å². The van der Waals surface area contributed by atoms with Crippen molar-refractivity contribution in [1.29, 1.82) is 0 Å². The van der Waals surface area contributed by atoms with Gasteiger partial charge < -0.3 is 9.64 Å². The smallest absolute Gasteiger partial charge is 0.340 e. The summed E-state index contributed by atoms with van der Waals surface area (Å²) in [6.07, 6.45) is -1.00. The van der Waals surface area contributed by atoms with Crippen LogP contribution < -0.4 is 0 Å². The van der Waals surface area contributed by atoms with E-state index in [1.165, 1.54) is 4.90 Å². The summed E-state index contributed by atoms with van der Waals surface area (Å²) >= 11 is 0. The molecular weight excluding hydrogens is 362 g/mol. The van der Waals surface area contributed by atoms with E-state index in [-0.39, 0.29) is 5.91 Å². The number of rotatable bonds is 4. The maximum Gasteiger partial charge on any atom is 0.340 e. The number of amides is 1. The molecule has 0 aromatic heterocycles. The van der Waals surface area contributed by atoms with Crippen molar-refractivity contribution in [3.05, 3.63) is 96.1 Å². The summed E-state index contributed by atoms with van der Waals surface area (Å²) in [5, 5.41) is 3.52. The maximum atomic E-state index is 13.4. The van der Waals surface area contributed by atoms with Crippen LogP contribution in [0.2, 0.25) is 0 Å². The molecule has 144 valence electrons. The highest BCUT2D eigenvalue weighted by Crippen LogP contribution is 2.31. The number of carbonyl (C=O) groups is 2. The molecule has 0 aliphatic carbocycles. The van der Waals surface area contributed by atoms with Gasteiger partial charge in [0.05, 0.1) is 5.56 Å². The molecule has 1 amide bonds. The second-order valence-electron chi connectivity index (χ2n) is 7.12. The predicted octanol–water partition coefficient (Wildman–Crippen LogP) is 4.98. The molecule has 0 saturated carbocycles. The monoisotopic (exact) mass is 383 g/mol. The van der Waals surface area contributed by atoms with E-state index in [1.807, 2.05) is 66.7 Å². The van der Waals surface area contributed by atoms with Crippen molar-refractivity contribution in [3.8, 4) is 0 Å². The van der Waals surface area contributed by atoms with Gasteiger partial charge in [-0.05, 0) is 27.6 Å². The number of esters is 1. The molecule has 0 unspecified atom stereocenters. The van der Waals surface area contributed by atoms with E-state index >= 15 is 0 Å². The highest BCUT2D eigenvalue weighted by molar-refractivity contribution is 6.16. The molecule has 1 atom stereocenters. The van der Waals surface area contributed by atoms with Crippen molar-refractivity contribution in [2.75, 3.05) is 14.1 Å². The van der Waals surface area contributed by atoms with Crippen LogP contribution in [0.5, 0.6) is 0 Å². The van der Waals surface area contributed by atoms with Crippen LogP contribution in [0.1, 0.15) is 22.0 Å². The van der Waals surface area contributed by atoms with Gasteiger partial charge in [-0.3, -0.25) is 4.79 Å². The van der Waals surface area contributed by atoms with Gasteiger partial charge in [-0.25, -0.2) is 4.79 Å². The van der Waals surface area contributed by atoms with E-state index in [0.717, 1.165) is 21.5 Å². The molecule has 0 fully saturated rings. The van der Waals surface area contributed by atoms with Crippen LogP contribution in [0.3, 0.4) is 0 Å². The fourth-order valence-corrected chi connectivity index (χ4v) is 3.52. The first-order valence-electron chi connectivity index (χ1n) is 9.44. The number of hydrogen-bond donors (Lipinski definition) is 0. The van der Waals surface area contributed by atoms with Crippen molar-refractivity contribution < 1.29 is 14.3 Å². The van der Waals surface area contributed by atoms with Crippen LogP contribution in [0.25, 0.3) is 21.5 Å². The van der Waals surface area contributed by atoms with Crippen LogP contribution in [-0.2, 0) is 9.53 Å². The zero-order valence-electron chi connectivity index (χ0n) is 16.3. The number of ether oxygens (including phenoxy) is 1. The third kappa shape index (κ3) is 3.57. The van der Waals surface area contributed by atoms with Gasteiger partial charge in [0.25, 0.3) is 5.91 Å². The van der Waals surface area contributed by atoms with E-state index < -0.39 is 12.1 Å². The fourth-order valence-electron chi connectivity index (χ4n) is 3.52. The lowest BCUT2D eigenvalue weighted by molar-refractivity contribution is -0.138. The molecule has 0 heterocycles. The molecule has 4 rings (SSSR count).